The molecule has 0 saturated carbocycles. The van der Waals surface area contributed by atoms with Gasteiger partial charge < -0.3 is 4.74 Å². The Morgan fingerprint density at radius 3 is 2.58 bits per heavy atom. The number of allylic oxidation sites excluding steroid dienone is 2. The van der Waals surface area contributed by atoms with E-state index in [-0.39, 0.29) is 17.7 Å². The molecule has 0 spiro atoms. The van der Waals surface area contributed by atoms with Gasteiger partial charge in [0.25, 0.3) is 0 Å². The fourth-order valence-electron chi connectivity index (χ4n) is 2.34. The van der Waals surface area contributed by atoms with Crippen LogP contribution in [0.2, 0.25) is 0 Å². The first-order valence-electron chi connectivity index (χ1n) is 9.03. The summed E-state index contributed by atoms with van der Waals surface area (Å²) in [6.45, 7) is 10.5. The lowest BCUT2D eigenvalue weighted by Crippen LogP contribution is -2.16. The molecule has 0 aliphatic rings. The van der Waals surface area contributed by atoms with Gasteiger partial charge in [-0.05, 0) is 26.2 Å². The highest BCUT2D eigenvalue weighted by atomic mass is 16.5. The average molecular weight is 335 g/mol. The molecule has 136 valence electrons. The molecule has 0 saturated heterocycles. The van der Waals surface area contributed by atoms with E-state index in [9.17, 15) is 9.59 Å². The number of nitrogens with zero attached hydrogens (tertiary/aromatic N) is 1. The van der Waals surface area contributed by atoms with E-state index in [4.69, 9.17) is 4.74 Å². The van der Waals surface area contributed by atoms with Crippen LogP contribution in [0.4, 0.5) is 0 Å². The summed E-state index contributed by atoms with van der Waals surface area (Å²) in [6, 6.07) is 0. The van der Waals surface area contributed by atoms with Crippen LogP contribution in [0.1, 0.15) is 65.7 Å². The van der Waals surface area contributed by atoms with Crippen LogP contribution in [0.3, 0.4) is 0 Å². The first kappa shape index (κ1) is 22.3. The van der Waals surface area contributed by atoms with Crippen molar-refractivity contribution in [1.29, 1.82) is 0 Å². The van der Waals surface area contributed by atoms with Crippen molar-refractivity contribution in [2.24, 2.45) is 10.9 Å². The second-order valence-corrected chi connectivity index (χ2v) is 5.92. The molecule has 0 bridgehead atoms. The summed E-state index contributed by atoms with van der Waals surface area (Å²) in [5.74, 6) is 0.102. The fraction of sp³-hybridized carbons (Fsp3) is 0.650. The van der Waals surface area contributed by atoms with E-state index in [0.29, 0.717) is 26.0 Å². The Bertz CT molecular complexity index is 438. The molecule has 0 aliphatic heterocycles. The van der Waals surface area contributed by atoms with Crippen LogP contribution in [0.5, 0.6) is 0 Å². The zero-order chi connectivity index (χ0) is 18.2. The topological polar surface area (TPSA) is 55.7 Å². The molecule has 0 rings (SSSR count). The Kier molecular flexibility index (Phi) is 13.8. The normalized spacial score (nSPS) is 13.0. The highest BCUT2D eigenvalue weighted by Gasteiger charge is 2.15. The summed E-state index contributed by atoms with van der Waals surface area (Å²) in [5, 5.41) is 0. The second-order valence-electron chi connectivity index (χ2n) is 5.92. The molecule has 0 amide bonds. The lowest BCUT2D eigenvalue weighted by molar-refractivity contribution is -0.143. The Labute approximate surface area is 147 Å². The predicted octanol–water partition coefficient (Wildman–Crippen LogP) is 4.69. The van der Waals surface area contributed by atoms with Gasteiger partial charge in [-0.15, -0.1) is 0 Å². The van der Waals surface area contributed by atoms with Crippen LogP contribution in [-0.4, -0.2) is 30.6 Å². The van der Waals surface area contributed by atoms with E-state index >= 15 is 0 Å². The smallest absolute Gasteiger partial charge is 0.305 e. The quantitative estimate of drug-likeness (QED) is 0.200. The molecule has 4 heteroatoms. The highest BCUT2D eigenvalue weighted by molar-refractivity contribution is 6.02. The molecule has 0 heterocycles. The Balaban J connectivity index is 4.21. The van der Waals surface area contributed by atoms with Crippen molar-refractivity contribution in [3.05, 3.63) is 24.8 Å². The molecule has 0 aromatic rings. The van der Waals surface area contributed by atoms with Gasteiger partial charge in [0.15, 0.2) is 0 Å². The Morgan fingerprint density at radius 2 is 1.96 bits per heavy atom. The highest BCUT2D eigenvalue weighted by Crippen LogP contribution is 2.14. The summed E-state index contributed by atoms with van der Waals surface area (Å²) in [7, 11) is 0. The van der Waals surface area contributed by atoms with Crippen molar-refractivity contribution in [1.82, 2.24) is 0 Å². The summed E-state index contributed by atoms with van der Waals surface area (Å²) in [4.78, 5) is 28.1. The van der Waals surface area contributed by atoms with E-state index in [2.05, 4.69) is 18.5 Å². The van der Waals surface area contributed by atoms with Gasteiger partial charge in [-0.3, -0.25) is 14.6 Å². The Morgan fingerprint density at radius 1 is 1.21 bits per heavy atom. The van der Waals surface area contributed by atoms with E-state index in [1.54, 1.807) is 13.0 Å². The molecule has 0 aromatic heterocycles. The maximum atomic E-state index is 12.3. The number of aliphatic imine (C=N–C) groups is 1. The molecular weight excluding hydrogens is 302 g/mol. The molecule has 0 radical (unpaired) electrons. The molecule has 0 aliphatic carbocycles. The van der Waals surface area contributed by atoms with Gasteiger partial charge >= 0.3 is 5.97 Å². The van der Waals surface area contributed by atoms with Crippen molar-refractivity contribution in [2.45, 2.75) is 65.7 Å². The number of carbonyl (C=O) groups is 2. The van der Waals surface area contributed by atoms with Crippen LogP contribution >= 0.6 is 0 Å². The van der Waals surface area contributed by atoms with Crippen LogP contribution in [0.25, 0.3) is 0 Å². The van der Waals surface area contributed by atoms with Gasteiger partial charge in [0.2, 0.25) is 0 Å². The SMILES string of the molecule is C=C/C=C\C/N=C(\CCC)CC(=O)C(C)CCCCC(=O)OCC. The number of ether oxygens (including phenoxy) is 1. The maximum Gasteiger partial charge on any atom is 0.305 e. The minimum atomic E-state index is -0.151. The third-order valence-corrected chi connectivity index (χ3v) is 3.73. The number of carbonyl (C=O) groups excluding carboxylic acids is 2. The molecule has 0 fully saturated rings. The van der Waals surface area contributed by atoms with Crippen LogP contribution < -0.4 is 0 Å². The number of esters is 1. The molecule has 0 N–H and O–H groups in total. The van der Waals surface area contributed by atoms with E-state index in [1.807, 2.05) is 19.1 Å². The lowest BCUT2D eigenvalue weighted by atomic mass is 9.94. The summed E-state index contributed by atoms with van der Waals surface area (Å²) in [6.07, 6.45) is 10.7. The summed E-state index contributed by atoms with van der Waals surface area (Å²) in [5.41, 5.74) is 0.981. The van der Waals surface area contributed by atoms with Crippen LogP contribution in [0, 0.1) is 5.92 Å². The molecule has 1 unspecified atom stereocenters. The molecule has 4 nitrogen and oxygen atoms in total. The monoisotopic (exact) mass is 335 g/mol. The maximum absolute atomic E-state index is 12.3. The minimum absolute atomic E-state index is 0.0120. The second kappa shape index (κ2) is 14.9. The van der Waals surface area contributed by atoms with Crippen LogP contribution in [0.15, 0.2) is 29.8 Å². The first-order chi connectivity index (χ1) is 11.5. The minimum Gasteiger partial charge on any atom is -0.466 e. The number of ketones is 1. The average Bonchev–Trinajstić information content (AvgIpc) is 2.55. The number of hydrogen-bond acceptors (Lipinski definition) is 4. The van der Waals surface area contributed by atoms with Crippen molar-refractivity contribution in [3.8, 4) is 0 Å². The third-order valence-electron chi connectivity index (χ3n) is 3.73. The van der Waals surface area contributed by atoms with E-state index in [1.165, 1.54) is 0 Å². The van der Waals surface area contributed by atoms with Crippen LogP contribution in [-0.2, 0) is 14.3 Å². The van der Waals surface area contributed by atoms with Gasteiger partial charge in [-0.25, -0.2) is 0 Å². The van der Waals surface area contributed by atoms with Gasteiger partial charge in [0, 0.05) is 24.5 Å². The van der Waals surface area contributed by atoms with Crippen molar-refractivity contribution < 1.29 is 14.3 Å². The molecule has 0 aromatic carbocycles. The van der Waals surface area contributed by atoms with Gasteiger partial charge in [0.1, 0.15) is 5.78 Å². The van der Waals surface area contributed by atoms with Crippen molar-refractivity contribution in [3.63, 3.8) is 0 Å². The molecular formula is C20H33NO3. The fourth-order valence-corrected chi connectivity index (χ4v) is 2.34. The predicted molar refractivity (Wildman–Crippen MR) is 100 cm³/mol. The summed E-state index contributed by atoms with van der Waals surface area (Å²) >= 11 is 0. The number of hydrogen-bond donors (Lipinski definition) is 0. The van der Waals surface area contributed by atoms with Gasteiger partial charge in [0.05, 0.1) is 13.2 Å². The first-order valence-corrected chi connectivity index (χ1v) is 9.03. The molecule has 1 atom stereocenters. The summed E-state index contributed by atoms with van der Waals surface area (Å²) < 4.78 is 4.90. The third kappa shape index (κ3) is 11.8. The zero-order valence-electron chi connectivity index (χ0n) is 15.6. The van der Waals surface area contributed by atoms with E-state index in [0.717, 1.165) is 37.8 Å². The van der Waals surface area contributed by atoms with Crippen molar-refractivity contribution in [2.75, 3.05) is 13.2 Å². The van der Waals surface area contributed by atoms with Gasteiger partial charge in [-0.1, -0.05) is 51.5 Å². The standard InChI is InChI=1S/C20H33NO3/c1-5-8-11-15-21-18(12-6-2)16-19(22)17(4)13-9-10-14-20(23)24-7-3/h5,8,11,17H,1,6-7,9-10,12-16H2,2-4H3/b11-8-,21-18+. The largest absolute Gasteiger partial charge is 0.466 e. The zero-order valence-corrected chi connectivity index (χ0v) is 15.6. The Hall–Kier alpha value is -1.71. The van der Waals surface area contributed by atoms with Gasteiger partial charge in [-0.2, -0.15) is 0 Å². The number of rotatable bonds is 14. The van der Waals surface area contributed by atoms with Crippen molar-refractivity contribution >= 4 is 17.5 Å². The van der Waals surface area contributed by atoms with E-state index < -0.39 is 0 Å². The number of unbranched alkanes of at least 4 members (excludes halogenated alkanes) is 1. The number of Topliss-reactive ketones (excluding diaryl/α,β-unsaturated/α-hetero) is 1. The molecule has 24 heavy (non-hydrogen) atoms. The lowest BCUT2D eigenvalue weighted by Gasteiger charge is -2.11.